The summed E-state index contributed by atoms with van der Waals surface area (Å²) in [7, 11) is 2.45. The van der Waals surface area contributed by atoms with E-state index in [1.165, 1.54) is 32.4 Å². The van der Waals surface area contributed by atoms with E-state index in [0.29, 0.717) is 5.69 Å². The van der Waals surface area contributed by atoms with Crippen LogP contribution in [0.5, 0.6) is 0 Å². The second kappa shape index (κ2) is 8.17. The largest absolute Gasteiger partial charge is 0.465 e. The van der Waals surface area contributed by atoms with Crippen LogP contribution in [0.1, 0.15) is 20.7 Å². The van der Waals surface area contributed by atoms with Gasteiger partial charge in [0.15, 0.2) is 0 Å². The molecule has 2 N–H and O–H groups in total. The summed E-state index contributed by atoms with van der Waals surface area (Å²) in [5.74, 6) is -1.29. The highest BCUT2D eigenvalue weighted by Crippen LogP contribution is 2.19. The molecule has 2 aromatic carbocycles. The quantitative estimate of drug-likeness (QED) is 0.673. The molecule has 28 heavy (non-hydrogen) atoms. The van der Waals surface area contributed by atoms with Gasteiger partial charge in [0.25, 0.3) is 0 Å². The lowest BCUT2D eigenvalue weighted by atomic mass is 10.1. The Bertz CT molecular complexity index is 1030. The molecule has 0 unspecified atom stereocenters. The molecular formula is C20H17N3O5. The van der Waals surface area contributed by atoms with Crippen molar-refractivity contribution >= 4 is 40.2 Å². The molecule has 142 valence electrons. The van der Waals surface area contributed by atoms with Crippen LogP contribution in [-0.4, -0.2) is 37.2 Å². The number of fused-ring (bicyclic) bond motifs is 1. The fourth-order valence-electron chi connectivity index (χ4n) is 2.61. The average molecular weight is 379 g/mol. The Hall–Kier alpha value is -3.94. The van der Waals surface area contributed by atoms with Crippen molar-refractivity contribution in [2.75, 3.05) is 24.9 Å². The van der Waals surface area contributed by atoms with E-state index >= 15 is 0 Å². The lowest BCUT2D eigenvalue weighted by Crippen LogP contribution is -2.20. The van der Waals surface area contributed by atoms with E-state index in [2.05, 4.69) is 25.1 Å². The highest BCUT2D eigenvalue weighted by Gasteiger charge is 2.15. The van der Waals surface area contributed by atoms with Crippen LogP contribution < -0.4 is 10.6 Å². The minimum absolute atomic E-state index is 0.107. The topological polar surface area (TPSA) is 107 Å². The predicted octanol–water partition coefficient (Wildman–Crippen LogP) is 3.45. The number of nitrogens with one attached hydrogen (secondary N) is 2. The van der Waals surface area contributed by atoms with Crippen LogP contribution in [0.15, 0.2) is 54.7 Å². The van der Waals surface area contributed by atoms with Gasteiger partial charge in [-0.15, -0.1) is 0 Å². The molecule has 3 aromatic rings. The van der Waals surface area contributed by atoms with Gasteiger partial charge in [0.1, 0.15) is 0 Å². The molecule has 0 aliphatic carbocycles. The molecule has 3 rings (SSSR count). The van der Waals surface area contributed by atoms with E-state index in [0.717, 1.165) is 10.9 Å². The maximum Gasteiger partial charge on any atom is 0.337 e. The van der Waals surface area contributed by atoms with Crippen LogP contribution in [0.4, 0.5) is 16.2 Å². The third-order valence-electron chi connectivity index (χ3n) is 3.90. The molecule has 0 aliphatic heterocycles. The average Bonchev–Trinajstić information content (AvgIpc) is 2.72. The lowest BCUT2D eigenvalue weighted by molar-refractivity contribution is 0.0599. The van der Waals surface area contributed by atoms with Crippen LogP contribution in [0, 0.1) is 0 Å². The highest BCUT2D eigenvalue weighted by atomic mass is 16.5. The number of carbonyl (C=O) groups is 3. The Labute approximate surface area is 160 Å². The molecule has 0 saturated heterocycles. The van der Waals surface area contributed by atoms with E-state index in [1.807, 2.05) is 18.2 Å². The third-order valence-corrected chi connectivity index (χ3v) is 3.90. The van der Waals surface area contributed by atoms with Gasteiger partial charge in [0, 0.05) is 23.0 Å². The Balaban J connectivity index is 1.81. The number of carbonyl (C=O) groups excluding carboxylic acids is 3. The SMILES string of the molecule is COC(=O)c1cc(NC(=O)Nc2ccc3cccnc3c2)cc(C(=O)OC)c1. The number of nitrogens with zero attached hydrogens (tertiary/aromatic N) is 1. The summed E-state index contributed by atoms with van der Waals surface area (Å²) in [6.07, 6.45) is 1.67. The zero-order chi connectivity index (χ0) is 20.1. The zero-order valence-electron chi connectivity index (χ0n) is 15.2. The van der Waals surface area contributed by atoms with E-state index in [4.69, 9.17) is 0 Å². The van der Waals surface area contributed by atoms with Gasteiger partial charge in [0.2, 0.25) is 0 Å². The number of hydrogen-bond donors (Lipinski definition) is 2. The Morgan fingerprint density at radius 2 is 1.46 bits per heavy atom. The number of esters is 2. The number of pyridine rings is 1. The third kappa shape index (κ3) is 4.24. The summed E-state index contributed by atoms with van der Waals surface area (Å²) < 4.78 is 9.35. The molecule has 8 heteroatoms. The molecule has 2 amide bonds. The van der Waals surface area contributed by atoms with E-state index < -0.39 is 18.0 Å². The van der Waals surface area contributed by atoms with Crippen molar-refractivity contribution in [2.45, 2.75) is 0 Å². The number of benzene rings is 2. The van der Waals surface area contributed by atoms with Crippen LogP contribution >= 0.6 is 0 Å². The van der Waals surface area contributed by atoms with Gasteiger partial charge in [-0.3, -0.25) is 4.98 Å². The first-order valence-corrected chi connectivity index (χ1v) is 8.24. The van der Waals surface area contributed by atoms with Crippen LogP contribution in [0.2, 0.25) is 0 Å². The Kier molecular flexibility index (Phi) is 5.50. The van der Waals surface area contributed by atoms with Gasteiger partial charge < -0.3 is 20.1 Å². The number of rotatable bonds is 4. The predicted molar refractivity (Wildman–Crippen MR) is 104 cm³/mol. The van der Waals surface area contributed by atoms with Gasteiger partial charge >= 0.3 is 18.0 Å². The van der Waals surface area contributed by atoms with Crippen molar-refractivity contribution in [3.05, 3.63) is 65.9 Å². The molecule has 8 nitrogen and oxygen atoms in total. The molecule has 0 saturated carbocycles. The molecule has 0 aliphatic rings. The molecule has 0 fully saturated rings. The maximum atomic E-state index is 12.3. The van der Waals surface area contributed by atoms with E-state index in [-0.39, 0.29) is 16.8 Å². The van der Waals surface area contributed by atoms with Gasteiger partial charge in [-0.1, -0.05) is 12.1 Å². The standard InChI is InChI=1S/C20H17N3O5/c1-27-18(24)13-8-14(19(25)28-2)10-16(9-13)23-20(26)22-15-6-5-12-4-3-7-21-17(12)11-15/h3-11H,1-2H3,(H2,22,23,26). The fraction of sp³-hybridized carbons (Fsp3) is 0.100. The Morgan fingerprint density at radius 3 is 2.11 bits per heavy atom. The first-order chi connectivity index (χ1) is 13.5. The normalized spacial score (nSPS) is 10.2. The van der Waals surface area contributed by atoms with Crippen molar-refractivity contribution in [1.82, 2.24) is 4.98 Å². The van der Waals surface area contributed by atoms with Gasteiger partial charge in [-0.25, -0.2) is 14.4 Å². The highest BCUT2D eigenvalue weighted by molar-refractivity contribution is 6.03. The summed E-state index contributed by atoms with van der Waals surface area (Å²) in [6.45, 7) is 0. The van der Waals surface area contributed by atoms with Crippen LogP contribution in [-0.2, 0) is 9.47 Å². The smallest absolute Gasteiger partial charge is 0.337 e. The number of aromatic nitrogens is 1. The van der Waals surface area contributed by atoms with Crippen molar-refractivity contribution in [3.63, 3.8) is 0 Å². The molecule has 0 radical (unpaired) electrons. The van der Waals surface area contributed by atoms with Crippen molar-refractivity contribution in [3.8, 4) is 0 Å². The number of amides is 2. The molecule has 1 heterocycles. The first-order valence-electron chi connectivity index (χ1n) is 8.24. The Morgan fingerprint density at radius 1 is 0.821 bits per heavy atom. The van der Waals surface area contributed by atoms with Crippen LogP contribution in [0.3, 0.4) is 0 Å². The van der Waals surface area contributed by atoms with Gasteiger partial charge in [0.05, 0.1) is 30.9 Å². The number of hydrogen-bond acceptors (Lipinski definition) is 6. The van der Waals surface area contributed by atoms with Crippen molar-refractivity contribution in [2.24, 2.45) is 0 Å². The molecular weight excluding hydrogens is 362 g/mol. The molecule has 0 spiro atoms. The molecule has 0 bridgehead atoms. The minimum Gasteiger partial charge on any atom is -0.465 e. The zero-order valence-corrected chi connectivity index (χ0v) is 15.2. The van der Waals surface area contributed by atoms with E-state index in [9.17, 15) is 14.4 Å². The van der Waals surface area contributed by atoms with Gasteiger partial charge in [-0.05, 0) is 36.4 Å². The first kappa shape index (κ1) is 18.8. The molecule has 0 atom stereocenters. The summed E-state index contributed by atoms with van der Waals surface area (Å²) in [5, 5.41) is 6.22. The number of ether oxygens (including phenoxy) is 2. The number of urea groups is 1. The summed E-state index contributed by atoms with van der Waals surface area (Å²) in [4.78, 5) is 40.2. The summed E-state index contributed by atoms with van der Waals surface area (Å²) >= 11 is 0. The minimum atomic E-state index is -0.644. The monoisotopic (exact) mass is 379 g/mol. The second-order valence-corrected chi connectivity index (χ2v) is 5.77. The number of anilines is 2. The lowest BCUT2D eigenvalue weighted by Gasteiger charge is -2.11. The van der Waals surface area contributed by atoms with E-state index in [1.54, 1.807) is 18.3 Å². The van der Waals surface area contributed by atoms with Gasteiger partial charge in [-0.2, -0.15) is 0 Å². The molecule has 1 aromatic heterocycles. The maximum absolute atomic E-state index is 12.3. The van der Waals surface area contributed by atoms with Crippen molar-refractivity contribution in [1.29, 1.82) is 0 Å². The fourth-order valence-corrected chi connectivity index (χ4v) is 2.61. The van der Waals surface area contributed by atoms with Crippen LogP contribution in [0.25, 0.3) is 10.9 Å². The summed E-state index contributed by atoms with van der Waals surface area (Å²) in [5.41, 5.74) is 1.73. The summed E-state index contributed by atoms with van der Waals surface area (Å²) in [6, 6.07) is 12.6. The van der Waals surface area contributed by atoms with Crippen molar-refractivity contribution < 1.29 is 23.9 Å². The number of methoxy groups -OCH3 is 2. The second-order valence-electron chi connectivity index (χ2n) is 5.77.